The van der Waals surface area contributed by atoms with Crippen molar-refractivity contribution in [2.45, 2.75) is 17.8 Å². The highest BCUT2D eigenvalue weighted by molar-refractivity contribution is 7.98. The van der Waals surface area contributed by atoms with Crippen molar-refractivity contribution in [2.24, 2.45) is 5.73 Å². The van der Waals surface area contributed by atoms with Crippen molar-refractivity contribution in [1.82, 2.24) is 15.0 Å². The fraction of sp³-hybridized carbons (Fsp3) is 0.235. The van der Waals surface area contributed by atoms with Gasteiger partial charge in [-0.25, -0.2) is 4.98 Å². The van der Waals surface area contributed by atoms with Crippen LogP contribution in [0.1, 0.15) is 17.1 Å². The number of nitrogens with zero attached hydrogens (tertiary/aromatic N) is 2. The monoisotopic (exact) mass is 360 g/mol. The molecule has 7 nitrogen and oxygen atoms in total. The molecule has 2 heterocycles. The van der Waals surface area contributed by atoms with Crippen molar-refractivity contribution < 1.29 is 14.3 Å². The third-order valence-corrected chi connectivity index (χ3v) is 4.26. The molecule has 132 valence electrons. The van der Waals surface area contributed by atoms with Crippen LogP contribution in [0.15, 0.2) is 35.6 Å². The fourth-order valence-electron chi connectivity index (χ4n) is 2.03. The van der Waals surface area contributed by atoms with Crippen LogP contribution < -0.4 is 15.2 Å². The largest absolute Gasteiger partial charge is 0.493 e. The first-order valence-corrected chi connectivity index (χ1v) is 8.36. The van der Waals surface area contributed by atoms with Crippen LogP contribution in [0.25, 0.3) is 6.08 Å². The molecule has 0 aliphatic rings. The number of H-pyrrole nitrogens is 1. The molecule has 0 atom stereocenters. The summed E-state index contributed by atoms with van der Waals surface area (Å²) in [7, 11) is 3.17. The second-order valence-electron chi connectivity index (χ2n) is 5.06. The van der Waals surface area contributed by atoms with Crippen molar-refractivity contribution in [3.8, 4) is 11.5 Å². The van der Waals surface area contributed by atoms with Gasteiger partial charge in [0.25, 0.3) is 0 Å². The topological polar surface area (TPSA) is 103 Å². The van der Waals surface area contributed by atoms with Gasteiger partial charge in [0.05, 0.1) is 25.6 Å². The van der Waals surface area contributed by atoms with E-state index >= 15 is 0 Å². The van der Waals surface area contributed by atoms with Gasteiger partial charge in [-0.3, -0.25) is 9.78 Å². The average molecular weight is 360 g/mol. The summed E-state index contributed by atoms with van der Waals surface area (Å²) in [5.41, 5.74) is 7.74. The molecule has 2 aromatic rings. The number of hydrogen-bond acceptors (Lipinski definition) is 6. The summed E-state index contributed by atoms with van der Waals surface area (Å²) in [4.78, 5) is 23.0. The molecule has 1 amide bonds. The molecule has 0 aliphatic carbocycles. The molecular weight excluding hydrogens is 340 g/mol. The van der Waals surface area contributed by atoms with Crippen LogP contribution in [-0.4, -0.2) is 35.1 Å². The summed E-state index contributed by atoms with van der Waals surface area (Å²) in [6, 6.07) is 1.75. The van der Waals surface area contributed by atoms with Gasteiger partial charge in [0.2, 0.25) is 5.91 Å². The predicted octanol–water partition coefficient (Wildman–Crippen LogP) is 2.48. The van der Waals surface area contributed by atoms with E-state index in [4.69, 9.17) is 15.2 Å². The van der Waals surface area contributed by atoms with E-state index in [-0.39, 0.29) is 5.57 Å². The number of hydrogen-bond donors (Lipinski definition) is 2. The van der Waals surface area contributed by atoms with Crippen molar-refractivity contribution in [1.29, 1.82) is 0 Å². The zero-order valence-corrected chi connectivity index (χ0v) is 15.1. The standard InChI is InChI=1S/C17H20N4O3S/c1-10(16(18)22)5-6-12-11(2)20-17(21-12)25-9-13-15(24-4)14(23-3)7-8-19-13/h5-8H,1,9H2,2-4H3,(H2,18,22)(H,20,21)/b6-5-. The molecule has 2 rings (SSSR count). The quantitative estimate of drug-likeness (QED) is 0.426. The van der Waals surface area contributed by atoms with Gasteiger partial charge in [0.15, 0.2) is 16.7 Å². The molecule has 8 heteroatoms. The third kappa shape index (κ3) is 4.63. The van der Waals surface area contributed by atoms with Crippen molar-refractivity contribution in [2.75, 3.05) is 14.2 Å². The lowest BCUT2D eigenvalue weighted by Crippen LogP contribution is -2.11. The minimum Gasteiger partial charge on any atom is -0.493 e. The maximum Gasteiger partial charge on any atom is 0.248 e. The van der Waals surface area contributed by atoms with E-state index in [2.05, 4.69) is 21.5 Å². The first-order chi connectivity index (χ1) is 12.0. The summed E-state index contributed by atoms with van der Waals surface area (Å²) >= 11 is 1.49. The highest BCUT2D eigenvalue weighted by Gasteiger charge is 2.13. The minimum atomic E-state index is -0.560. The van der Waals surface area contributed by atoms with E-state index in [0.29, 0.717) is 17.3 Å². The summed E-state index contributed by atoms with van der Waals surface area (Å²) < 4.78 is 10.6. The molecule has 3 N–H and O–H groups in total. The molecule has 25 heavy (non-hydrogen) atoms. The Morgan fingerprint density at radius 2 is 2.20 bits per heavy atom. The molecule has 0 spiro atoms. The maximum atomic E-state index is 11.0. The third-order valence-electron chi connectivity index (χ3n) is 3.37. The molecular formula is C17H20N4O3S. The van der Waals surface area contributed by atoms with Gasteiger partial charge in [-0.15, -0.1) is 0 Å². The number of rotatable bonds is 8. The zero-order valence-electron chi connectivity index (χ0n) is 14.3. The van der Waals surface area contributed by atoms with Gasteiger partial charge >= 0.3 is 0 Å². The number of pyridine rings is 1. The number of aromatic nitrogens is 3. The number of ether oxygens (including phenoxy) is 2. The van der Waals surface area contributed by atoms with Gasteiger partial charge < -0.3 is 20.2 Å². The van der Waals surface area contributed by atoms with Gasteiger partial charge in [0.1, 0.15) is 0 Å². The van der Waals surface area contributed by atoms with Gasteiger partial charge in [-0.05, 0) is 19.1 Å². The Bertz CT molecular complexity index is 814. The first kappa shape index (κ1) is 18.6. The molecule has 0 aromatic carbocycles. The van der Waals surface area contributed by atoms with Crippen LogP contribution in [0.3, 0.4) is 0 Å². The number of imidazole rings is 1. The summed E-state index contributed by atoms with van der Waals surface area (Å²) in [5, 5.41) is 0.730. The Morgan fingerprint density at radius 3 is 2.84 bits per heavy atom. The van der Waals surface area contributed by atoms with E-state index in [9.17, 15) is 4.79 Å². The zero-order chi connectivity index (χ0) is 18.4. The van der Waals surface area contributed by atoms with Crippen LogP contribution in [0.2, 0.25) is 0 Å². The number of aryl methyl sites for hydroxylation is 1. The number of primary amides is 1. The lowest BCUT2D eigenvalue weighted by Gasteiger charge is -2.10. The number of methoxy groups -OCH3 is 2. The van der Waals surface area contributed by atoms with Crippen LogP contribution in [0.5, 0.6) is 11.5 Å². The number of carbonyl (C=O) groups is 1. The summed E-state index contributed by atoms with van der Waals surface area (Å²) in [6.45, 7) is 5.48. The average Bonchev–Trinajstić information content (AvgIpc) is 2.96. The Balaban J connectivity index is 2.11. The number of aromatic amines is 1. The van der Waals surface area contributed by atoms with Crippen molar-refractivity contribution in [3.63, 3.8) is 0 Å². The number of nitrogens with one attached hydrogen (secondary N) is 1. The molecule has 2 aromatic heterocycles. The van der Waals surface area contributed by atoms with E-state index in [0.717, 1.165) is 22.2 Å². The summed E-state index contributed by atoms with van der Waals surface area (Å²) in [5.74, 6) is 1.25. The van der Waals surface area contributed by atoms with Crippen molar-refractivity contribution in [3.05, 3.63) is 47.6 Å². The molecule has 0 bridgehead atoms. The smallest absolute Gasteiger partial charge is 0.248 e. The van der Waals surface area contributed by atoms with Crippen LogP contribution >= 0.6 is 11.8 Å². The normalized spacial score (nSPS) is 10.8. The van der Waals surface area contributed by atoms with E-state index in [1.807, 2.05) is 6.92 Å². The Hall–Kier alpha value is -2.74. The second kappa shape index (κ2) is 8.39. The number of carbonyl (C=O) groups excluding carboxylic acids is 1. The highest BCUT2D eigenvalue weighted by atomic mass is 32.2. The predicted molar refractivity (Wildman–Crippen MR) is 97.6 cm³/mol. The molecule has 0 radical (unpaired) electrons. The van der Waals surface area contributed by atoms with Crippen LogP contribution in [0.4, 0.5) is 0 Å². The Kier molecular flexibility index (Phi) is 6.24. The van der Waals surface area contributed by atoms with E-state index < -0.39 is 5.91 Å². The van der Waals surface area contributed by atoms with Crippen LogP contribution in [-0.2, 0) is 10.5 Å². The Morgan fingerprint density at radius 1 is 1.44 bits per heavy atom. The second-order valence-corrected chi connectivity index (χ2v) is 6.02. The first-order valence-electron chi connectivity index (χ1n) is 7.38. The number of nitrogens with two attached hydrogens (primary N) is 1. The minimum absolute atomic E-state index is 0.224. The maximum absolute atomic E-state index is 11.0. The molecule has 0 fully saturated rings. The van der Waals surface area contributed by atoms with Crippen LogP contribution in [0, 0.1) is 6.92 Å². The number of amides is 1. The number of thioether (sulfide) groups is 1. The van der Waals surface area contributed by atoms with Gasteiger partial charge in [-0.1, -0.05) is 18.3 Å². The molecule has 0 saturated heterocycles. The Labute approximate surface area is 150 Å². The molecule has 0 unspecified atom stereocenters. The van der Waals surface area contributed by atoms with E-state index in [1.54, 1.807) is 38.6 Å². The van der Waals surface area contributed by atoms with Crippen molar-refractivity contribution >= 4 is 23.7 Å². The van der Waals surface area contributed by atoms with Gasteiger partial charge in [-0.2, -0.15) is 0 Å². The fourth-order valence-corrected chi connectivity index (χ4v) is 2.90. The summed E-state index contributed by atoms with van der Waals surface area (Å²) in [6.07, 6.45) is 4.92. The molecule has 0 aliphatic heterocycles. The lowest BCUT2D eigenvalue weighted by atomic mass is 10.2. The lowest BCUT2D eigenvalue weighted by molar-refractivity contribution is -0.114. The van der Waals surface area contributed by atoms with Gasteiger partial charge in [0, 0.05) is 29.3 Å². The SMILES string of the molecule is C=C(/C=C\c1nc(SCc2nccc(OC)c2OC)[nH]c1C)C(N)=O. The highest BCUT2D eigenvalue weighted by Crippen LogP contribution is 2.32. The molecule has 0 saturated carbocycles. The van der Waals surface area contributed by atoms with E-state index in [1.165, 1.54) is 11.8 Å².